The van der Waals surface area contributed by atoms with E-state index in [1.54, 1.807) is 93.5 Å². The number of aromatic amines is 1. The number of hydrogen-bond donors (Lipinski definition) is 9. The Morgan fingerprint density at radius 2 is 1.19 bits per heavy atom. The minimum Gasteiger partial charge on any atom is -0.384 e. The highest BCUT2D eigenvalue weighted by Crippen LogP contribution is 2.37. The molecule has 0 spiro atoms. The van der Waals surface area contributed by atoms with Crippen LogP contribution in [-0.2, 0) is 14.4 Å². The zero-order valence-corrected chi connectivity index (χ0v) is 39.1. The molecule has 63 heavy (non-hydrogen) atoms. The second-order valence-electron chi connectivity index (χ2n) is 11.6. The van der Waals surface area contributed by atoms with Crippen molar-refractivity contribution in [2.45, 2.75) is 9.79 Å². The van der Waals surface area contributed by atoms with E-state index in [1.807, 2.05) is 0 Å². The number of nitrogens with zero attached hydrogens (tertiary/aromatic N) is 10. The SMILES string of the molecule is Clc1ncc(Br)c2nccn12.NC(=O)CNc1ncc(Br)c2nccn12.NC(=O)CNc1ncc(Sc2ccnc(N)c2Cl)c2nccn12.NCC(N)=O.Nc1[nH]ccc(=S)c1Cl. The van der Waals surface area contributed by atoms with Gasteiger partial charge in [-0.2, -0.15) is 0 Å². The van der Waals surface area contributed by atoms with Crippen LogP contribution in [0.25, 0.3) is 16.9 Å². The Hall–Kier alpha value is -5.87. The predicted molar refractivity (Wildman–Crippen MR) is 252 cm³/mol. The van der Waals surface area contributed by atoms with Crippen molar-refractivity contribution in [3.63, 3.8) is 0 Å². The Kier molecular flexibility index (Phi) is 19.0. The van der Waals surface area contributed by atoms with E-state index in [1.165, 1.54) is 11.8 Å². The Bertz CT molecular complexity index is 2880. The quantitative estimate of drug-likeness (QED) is 0.0716. The molecule has 0 aromatic carbocycles. The van der Waals surface area contributed by atoms with Crippen LogP contribution in [0.5, 0.6) is 0 Å². The van der Waals surface area contributed by atoms with Crippen LogP contribution in [0, 0.1) is 4.51 Å². The Labute approximate surface area is 397 Å². The van der Waals surface area contributed by atoms with E-state index in [2.05, 4.69) is 88.1 Å². The van der Waals surface area contributed by atoms with Crippen LogP contribution in [0.1, 0.15) is 0 Å². The molecule has 8 aromatic rings. The van der Waals surface area contributed by atoms with Crippen molar-refractivity contribution < 1.29 is 14.4 Å². The molecule has 0 saturated heterocycles. The first-order valence-electron chi connectivity index (χ1n) is 17.2. The number of primary amides is 3. The first-order chi connectivity index (χ1) is 30.0. The van der Waals surface area contributed by atoms with Gasteiger partial charge in [-0.05, 0) is 55.6 Å². The van der Waals surface area contributed by atoms with Gasteiger partial charge in [-0.1, -0.05) is 47.2 Å². The van der Waals surface area contributed by atoms with Crippen molar-refractivity contribution in [2.24, 2.45) is 22.9 Å². The largest absolute Gasteiger partial charge is 0.384 e. The molecule has 8 heterocycles. The van der Waals surface area contributed by atoms with E-state index < -0.39 is 17.7 Å². The van der Waals surface area contributed by atoms with Crippen molar-refractivity contribution in [3.8, 4) is 0 Å². The summed E-state index contributed by atoms with van der Waals surface area (Å²) < 4.78 is 7.36. The van der Waals surface area contributed by atoms with Gasteiger partial charge in [-0.25, -0.2) is 34.9 Å². The zero-order valence-electron chi connectivity index (χ0n) is 32.0. The number of H-pyrrole nitrogens is 1. The fourth-order valence-electron chi connectivity index (χ4n) is 4.43. The number of imidazole rings is 3. The second-order valence-corrected chi connectivity index (χ2v) is 15.9. The van der Waals surface area contributed by atoms with E-state index >= 15 is 0 Å². The number of fused-ring (bicyclic) bond motifs is 3. The fourth-order valence-corrected chi connectivity index (χ4v) is 6.83. The van der Waals surface area contributed by atoms with E-state index in [0.717, 1.165) is 30.0 Å². The summed E-state index contributed by atoms with van der Waals surface area (Å²) in [4.78, 5) is 64.0. The molecule has 0 aliphatic heterocycles. The maximum absolute atomic E-state index is 10.9. The molecule has 0 aliphatic carbocycles. The summed E-state index contributed by atoms with van der Waals surface area (Å²) >= 11 is 30.4. The molecule has 0 atom stereocenters. The number of aromatic nitrogens is 11. The molecule has 15 N–H and O–H groups in total. The van der Waals surface area contributed by atoms with Crippen LogP contribution < -0.4 is 45.0 Å². The molecule has 8 rings (SSSR count). The smallest absolute Gasteiger partial charge is 0.236 e. The van der Waals surface area contributed by atoms with Crippen LogP contribution in [0.15, 0.2) is 99.0 Å². The van der Waals surface area contributed by atoms with Gasteiger partial charge in [0.25, 0.3) is 0 Å². The number of carbonyl (C=O) groups is 3. The van der Waals surface area contributed by atoms with Crippen LogP contribution in [0.2, 0.25) is 15.3 Å². The lowest BCUT2D eigenvalue weighted by atomic mass is 10.5. The van der Waals surface area contributed by atoms with Gasteiger partial charge >= 0.3 is 0 Å². The highest BCUT2D eigenvalue weighted by Gasteiger charge is 2.13. The standard InChI is InChI=1S/C13H12ClN7OS.C8H8BrN5O.C6H3BrClN3.C5H5ClN2S.C2H6N2O/c14-10-7(1-2-17-11(10)16)23-8-5-19-13(20-6-9(15)22)21-4-3-18-12(8)21;9-5-3-12-8(13-4-6(10)15)14-2-1-11-7(5)14;7-4-3-10-6(8)11-2-1-9-5(4)11;6-4-3(9)1-2-8-5(4)7;3-1-2(4)5/h1-5H,6H2,(H2,15,22)(H2,16,17)(H,19,20);1-3H,4H2,(H2,10,15)(H,12,13);1-3H;1-2H,(H3,7,8,9);1,3H2,(H2,4,5). The minimum atomic E-state index is -0.474. The zero-order chi connectivity index (χ0) is 46.2. The number of nitrogens with one attached hydrogen (secondary N) is 3. The number of halogens is 5. The van der Waals surface area contributed by atoms with Gasteiger partial charge in [0.2, 0.25) is 34.9 Å². The highest BCUT2D eigenvalue weighted by atomic mass is 79.9. The van der Waals surface area contributed by atoms with Crippen molar-refractivity contribution in [3.05, 3.63) is 109 Å². The van der Waals surface area contributed by atoms with Gasteiger partial charge in [0.05, 0.1) is 48.0 Å². The highest BCUT2D eigenvalue weighted by molar-refractivity contribution is 9.11. The summed E-state index contributed by atoms with van der Waals surface area (Å²) in [5.74, 6) is 0.314. The number of rotatable bonds is 9. The first kappa shape index (κ1) is 49.8. The normalized spacial score (nSPS) is 10.3. The van der Waals surface area contributed by atoms with Gasteiger partial charge in [0, 0.05) is 73.1 Å². The molecule has 3 amide bonds. The van der Waals surface area contributed by atoms with Gasteiger partial charge < -0.3 is 50.0 Å². The number of pyridine rings is 2. The molecule has 0 unspecified atom stereocenters. The summed E-state index contributed by atoms with van der Waals surface area (Å²) in [5.41, 5.74) is 32.6. The Morgan fingerprint density at radius 3 is 1.71 bits per heavy atom. The van der Waals surface area contributed by atoms with Crippen molar-refractivity contribution in [1.82, 2.24) is 53.1 Å². The molecule has 0 radical (unpaired) electrons. The Balaban J connectivity index is 0.000000188. The summed E-state index contributed by atoms with van der Waals surface area (Å²) in [6.45, 7) is -0.0264. The average Bonchev–Trinajstić information content (AvgIpc) is 4.07. The van der Waals surface area contributed by atoms with Crippen LogP contribution in [0.4, 0.5) is 23.5 Å². The third-order valence-corrected chi connectivity index (χ3v) is 11.0. The number of carbonyl (C=O) groups excluding carboxylic acids is 3. The molecular formula is C34H34Br2Cl3N19O3S2. The molecule has 22 nitrogen and oxygen atoms in total. The lowest BCUT2D eigenvalue weighted by molar-refractivity contribution is -0.117. The Morgan fingerprint density at radius 1 is 0.683 bits per heavy atom. The van der Waals surface area contributed by atoms with E-state index in [0.29, 0.717) is 43.2 Å². The first-order valence-corrected chi connectivity index (χ1v) is 21.1. The molecule has 0 fully saturated rings. The number of amides is 3. The van der Waals surface area contributed by atoms with Crippen molar-refractivity contribution in [2.75, 3.05) is 41.7 Å². The van der Waals surface area contributed by atoms with Crippen LogP contribution in [0.3, 0.4) is 0 Å². The van der Waals surface area contributed by atoms with Crippen molar-refractivity contribution in [1.29, 1.82) is 0 Å². The fraction of sp³-hybridized carbons (Fsp3) is 0.0882. The molecule has 29 heteroatoms. The van der Waals surface area contributed by atoms with Crippen LogP contribution >= 0.6 is 90.6 Å². The lowest BCUT2D eigenvalue weighted by Crippen LogP contribution is -2.23. The maximum Gasteiger partial charge on any atom is 0.236 e. The van der Waals surface area contributed by atoms with Gasteiger partial charge in [-0.15, -0.1) is 0 Å². The van der Waals surface area contributed by atoms with Crippen molar-refractivity contribution >= 4 is 149 Å². The average molecular weight is 1090 g/mol. The number of nitrogens with two attached hydrogens (primary N) is 6. The third kappa shape index (κ3) is 14.3. The third-order valence-electron chi connectivity index (χ3n) is 7.18. The van der Waals surface area contributed by atoms with E-state index in [-0.39, 0.29) is 25.5 Å². The molecule has 0 saturated carbocycles. The summed E-state index contributed by atoms with van der Waals surface area (Å²) in [5, 5.41) is 6.90. The maximum atomic E-state index is 10.9. The van der Waals surface area contributed by atoms with E-state index in [4.69, 9.17) is 75.7 Å². The van der Waals surface area contributed by atoms with Gasteiger partial charge in [0.1, 0.15) is 11.6 Å². The minimum absolute atomic E-state index is 0.0144. The lowest BCUT2D eigenvalue weighted by Gasteiger charge is -2.10. The topological polar surface area (TPSA) is 351 Å². The molecule has 8 aromatic heterocycles. The van der Waals surface area contributed by atoms with Gasteiger partial charge in [0.15, 0.2) is 16.9 Å². The molecule has 0 aliphatic rings. The molecular weight excluding hydrogens is 1050 g/mol. The van der Waals surface area contributed by atoms with Gasteiger partial charge in [-0.3, -0.25) is 27.6 Å². The second kappa shape index (κ2) is 24.1. The predicted octanol–water partition coefficient (Wildman–Crippen LogP) is 4.35. The molecule has 330 valence electrons. The number of anilines is 4. The number of hydrogen-bond acceptors (Lipinski definition) is 17. The monoisotopic (exact) mass is 1080 g/mol. The summed E-state index contributed by atoms with van der Waals surface area (Å²) in [6, 6.07) is 3.45. The molecule has 0 bridgehead atoms. The summed E-state index contributed by atoms with van der Waals surface area (Å²) in [6.07, 6.45) is 18.3. The van der Waals surface area contributed by atoms with Crippen LogP contribution in [-0.4, -0.2) is 90.4 Å². The number of nitrogen functional groups attached to an aromatic ring is 2. The van der Waals surface area contributed by atoms with E-state index in [9.17, 15) is 14.4 Å². The summed E-state index contributed by atoms with van der Waals surface area (Å²) in [7, 11) is 0.